The van der Waals surface area contributed by atoms with Gasteiger partial charge in [-0.25, -0.2) is 8.42 Å². The van der Waals surface area contributed by atoms with Crippen LogP contribution < -0.4 is 10.2 Å². The molecule has 2 saturated heterocycles. The molecule has 1 atom stereocenters. The predicted octanol–water partition coefficient (Wildman–Crippen LogP) is 1.55. The Kier molecular flexibility index (Phi) is 7.29. The molecule has 2 aromatic carbocycles. The highest BCUT2D eigenvalue weighted by Gasteiger charge is 2.33. The van der Waals surface area contributed by atoms with Gasteiger partial charge in [0.1, 0.15) is 0 Å². The lowest BCUT2D eigenvalue weighted by molar-refractivity contribution is -0.134. The lowest BCUT2D eigenvalue weighted by atomic mass is 9.99. The van der Waals surface area contributed by atoms with E-state index >= 15 is 0 Å². The quantitative estimate of drug-likeness (QED) is 0.692. The van der Waals surface area contributed by atoms with Crippen LogP contribution in [-0.4, -0.2) is 75.3 Å². The summed E-state index contributed by atoms with van der Waals surface area (Å²) in [4.78, 5) is 29.6. The van der Waals surface area contributed by atoms with Crippen LogP contribution in [0.5, 0.6) is 0 Å². The Morgan fingerprint density at radius 3 is 2.18 bits per heavy atom. The minimum absolute atomic E-state index is 0.0634. The molecule has 0 aromatic heterocycles. The zero-order valence-electron chi connectivity index (χ0n) is 18.6. The van der Waals surface area contributed by atoms with Gasteiger partial charge in [0.05, 0.1) is 17.4 Å². The first-order chi connectivity index (χ1) is 15.9. The third kappa shape index (κ3) is 5.54. The van der Waals surface area contributed by atoms with Gasteiger partial charge in [-0.05, 0) is 37.1 Å². The number of piperidine rings is 1. The highest BCUT2D eigenvalue weighted by atomic mass is 32.2. The van der Waals surface area contributed by atoms with Crippen LogP contribution >= 0.6 is 0 Å². The van der Waals surface area contributed by atoms with E-state index in [1.54, 1.807) is 35.2 Å². The normalized spacial score (nSPS) is 19.8. The molecule has 0 bridgehead atoms. The Hall–Kier alpha value is -2.91. The first-order valence-corrected chi connectivity index (χ1v) is 12.8. The van der Waals surface area contributed by atoms with Crippen LogP contribution in [0.3, 0.4) is 0 Å². The molecular weight excluding hydrogens is 440 g/mol. The summed E-state index contributed by atoms with van der Waals surface area (Å²) in [6.07, 6.45) is 1.22. The van der Waals surface area contributed by atoms with Crippen molar-refractivity contribution in [3.8, 4) is 0 Å². The van der Waals surface area contributed by atoms with E-state index in [0.717, 1.165) is 18.8 Å². The van der Waals surface area contributed by atoms with Crippen LogP contribution in [0.15, 0.2) is 65.6 Å². The van der Waals surface area contributed by atoms with Gasteiger partial charge in [0, 0.05) is 45.0 Å². The highest BCUT2D eigenvalue weighted by molar-refractivity contribution is 7.89. The van der Waals surface area contributed by atoms with E-state index < -0.39 is 15.9 Å². The van der Waals surface area contributed by atoms with Crippen molar-refractivity contribution in [3.05, 3.63) is 60.7 Å². The van der Waals surface area contributed by atoms with Gasteiger partial charge in [-0.1, -0.05) is 36.4 Å². The van der Waals surface area contributed by atoms with Crippen molar-refractivity contribution in [2.75, 3.05) is 50.7 Å². The molecule has 2 aromatic rings. The summed E-state index contributed by atoms with van der Waals surface area (Å²) in [6.45, 7) is 3.17. The molecule has 33 heavy (non-hydrogen) atoms. The largest absolute Gasteiger partial charge is 0.368 e. The van der Waals surface area contributed by atoms with Gasteiger partial charge in [-0.15, -0.1) is 0 Å². The minimum Gasteiger partial charge on any atom is -0.368 e. The lowest BCUT2D eigenvalue weighted by Gasteiger charge is -2.36. The van der Waals surface area contributed by atoms with Gasteiger partial charge < -0.3 is 15.1 Å². The molecule has 8 nitrogen and oxygen atoms in total. The number of piperazine rings is 1. The van der Waals surface area contributed by atoms with Crippen LogP contribution in [0.1, 0.15) is 12.8 Å². The summed E-state index contributed by atoms with van der Waals surface area (Å²) in [5.41, 5.74) is 1.14. The molecule has 2 aliphatic heterocycles. The smallest absolute Gasteiger partial charge is 0.243 e. The number of sulfonamides is 1. The van der Waals surface area contributed by atoms with Crippen LogP contribution in [0.4, 0.5) is 5.69 Å². The molecule has 0 aliphatic carbocycles. The Morgan fingerprint density at radius 2 is 1.52 bits per heavy atom. The van der Waals surface area contributed by atoms with Crippen molar-refractivity contribution in [2.45, 2.75) is 17.7 Å². The van der Waals surface area contributed by atoms with E-state index in [9.17, 15) is 18.0 Å². The molecule has 0 spiro atoms. The topological polar surface area (TPSA) is 90.0 Å². The summed E-state index contributed by atoms with van der Waals surface area (Å²) in [7, 11) is -3.63. The first kappa shape index (κ1) is 23.3. The van der Waals surface area contributed by atoms with Gasteiger partial charge in [0.15, 0.2) is 0 Å². The molecule has 1 N–H and O–H groups in total. The second-order valence-corrected chi connectivity index (χ2v) is 10.4. The number of carbonyl (C=O) groups is 2. The van der Waals surface area contributed by atoms with E-state index in [0.29, 0.717) is 32.5 Å². The molecule has 0 saturated carbocycles. The molecule has 2 heterocycles. The lowest BCUT2D eigenvalue weighted by Crippen LogP contribution is -2.52. The van der Waals surface area contributed by atoms with Gasteiger partial charge in [-0.2, -0.15) is 4.31 Å². The first-order valence-electron chi connectivity index (χ1n) is 11.4. The number of hydrogen-bond donors (Lipinski definition) is 1. The monoisotopic (exact) mass is 470 g/mol. The van der Waals surface area contributed by atoms with Crippen molar-refractivity contribution in [2.24, 2.45) is 5.92 Å². The second kappa shape index (κ2) is 10.4. The fourth-order valence-corrected chi connectivity index (χ4v) is 5.93. The van der Waals surface area contributed by atoms with E-state index in [-0.39, 0.29) is 29.8 Å². The van der Waals surface area contributed by atoms with Crippen LogP contribution in [-0.2, 0) is 19.6 Å². The van der Waals surface area contributed by atoms with Crippen LogP contribution in [0.2, 0.25) is 0 Å². The average molecular weight is 471 g/mol. The van der Waals surface area contributed by atoms with Gasteiger partial charge in [0.25, 0.3) is 0 Å². The number of para-hydroxylation sites is 1. The number of amides is 2. The zero-order chi connectivity index (χ0) is 23.3. The number of benzene rings is 2. The van der Waals surface area contributed by atoms with E-state index in [2.05, 4.69) is 22.3 Å². The Labute approximate surface area is 195 Å². The predicted molar refractivity (Wildman–Crippen MR) is 126 cm³/mol. The SMILES string of the molecule is O=C(NCC(=O)N1CCN(c2ccccc2)CC1)C1CCCN(S(=O)(=O)c2ccccc2)C1. The summed E-state index contributed by atoms with van der Waals surface area (Å²) < 4.78 is 27.1. The maximum Gasteiger partial charge on any atom is 0.243 e. The number of anilines is 1. The van der Waals surface area contributed by atoms with E-state index in [1.165, 1.54) is 4.31 Å². The van der Waals surface area contributed by atoms with Gasteiger partial charge in [-0.3, -0.25) is 9.59 Å². The molecule has 1 unspecified atom stereocenters. The molecule has 2 amide bonds. The van der Waals surface area contributed by atoms with E-state index in [1.807, 2.05) is 18.2 Å². The van der Waals surface area contributed by atoms with Crippen molar-refractivity contribution < 1.29 is 18.0 Å². The fourth-order valence-electron chi connectivity index (χ4n) is 4.39. The zero-order valence-corrected chi connectivity index (χ0v) is 19.4. The summed E-state index contributed by atoms with van der Waals surface area (Å²) >= 11 is 0. The van der Waals surface area contributed by atoms with Crippen LogP contribution in [0.25, 0.3) is 0 Å². The van der Waals surface area contributed by atoms with Crippen LogP contribution in [0, 0.1) is 5.92 Å². The van der Waals surface area contributed by atoms with E-state index in [4.69, 9.17) is 0 Å². The molecule has 176 valence electrons. The average Bonchev–Trinajstić information content (AvgIpc) is 2.88. The van der Waals surface area contributed by atoms with Crippen molar-refractivity contribution in [1.82, 2.24) is 14.5 Å². The number of hydrogen-bond acceptors (Lipinski definition) is 5. The van der Waals surface area contributed by atoms with Crippen molar-refractivity contribution in [3.63, 3.8) is 0 Å². The molecular formula is C24H30N4O4S. The minimum atomic E-state index is -3.63. The highest BCUT2D eigenvalue weighted by Crippen LogP contribution is 2.24. The number of carbonyl (C=O) groups excluding carboxylic acids is 2. The number of nitrogens with one attached hydrogen (secondary N) is 1. The molecule has 0 radical (unpaired) electrons. The Bertz CT molecular complexity index is 1050. The second-order valence-electron chi connectivity index (χ2n) is 8.44. The molecule has 2 aliphatic rings. The number of rotatable bonds is 6. The maximum absolute atomic E-state index is 12.9. The maximum atomic E-state index is 12.9. The number of nitrogens with zero attached hydrogens (tertiary/aromatic N) is 3. The Morgan fingerprint density at radius 1 is 0.879 bits per heavy atom. The molecule has 9 heteroatoms. The van der Waals surface area contributed by atoms with Gasteiger partial charge in [0.2, 0.25) is 21.8 Å². The summed E-state index contributed by atoms with van der Waals surface area (Å²) in [5.74, 6) is -0.833. The Balaban J connectivity index is 1.26. The summed E-state index contributed by atoms with van der Waals surface area (Å²) in [6, 6.07) is 18.4. The van der Waals surface area contributed by atoms with Crippen molar-refractivity contribution >= 4 is 27.5 Å². The molecule has 4 rings (SSSR count). The third-order valence-corrected chi connectivity index (χ3v) is 8.18. The summed E-state index contributed by atoms with van der Waals surface area (Å²) in [5, 5.41) is 2.74. The van der Waals surface area contributed by atoms with Crippen molar-refractivity contribution in [1.29, 1.82) is 0 Å². The third-order valence-electron chi connectivity index (χ3n) is 6.30. The molecule has 2 fully saturated rings. The fraction of sp³-hybridized carbons (Fsp3) is 0.417. The van der Waals surface area contributed by atoms with Gasteiger partial charge >= 0.3 is 0 Å². The standard InChI is InChI=1S/C24H30N4O4S/c29-23(27-16-14-26(15-17-27)21-9-3-1-4-10-21)18-25-24(30)20-8-7-13-28(19-20)33(31,32)22-11-5-2-6-12-22/h1-6,9-12,20H,7-8,13-19H2,(H,25,30).